The van der Waals surface area contributed by atoms with Gasteiger partial charge in [-0.2, -0.15) is 5.10 Å². The summed E-state index contributed by atoms with van der Waals surface area (Å²) in [5.74, 6) is -0.0162. The number of hydrogen-bond donors (Lipinski definition) is 0. The Morgan fingerprint density at radius 3 is 2.36 bits per heavy atom. The van der Waals surface area contributed by atoms with Crippen molar-refractivity contribution in [2.45, 2.75) is 41.2 Å². The van der Waals surface area contributed by atoms with E-state index < -0.39 is 5.41 Å². The maximum Gasteiger partial charge on any atom is 0.264 e. The lowest BCUT2D eigenvalue weighted by molar-refractivity contribution is -0.126. The van der Waals surface area contributed by atoms with Gasteiger partial charge in [0.25, 0.3) is 5.56 Å². The molecule has 2 aromatic heterocycles. The van der Waals surface area contributed by atoms with E-state index in [2.05, 4.69) is 16.1 Å². The third-order valence-electron chi connectivity index (χ3n) is 4.16. The van der Waals surface area contributed by atoms with Crippen molar-refractivity contribution in [3.63, 3.8) is 0 Å². The average Bonchev–Trinajstić information content (AvgIpc) is 2.92. The molecule has 3 aromatic rings. The van der Waals surface area contributed by atoms with Crippen LogP contribution >= 0.6 is 0 Å². The van der Waals surface area contributed by atoms with E-state index in [9.17, 15) is 9.59 Å². The molecule has 0 atom stereocenters. The second-order valence-electron chi connectivity index (χ2n) is 7.49. The van der Waals surface area contributed by atoms with Crippen molar-refractivity contribution in [2.75, 3.05) is 0 Å². The van der Waals surface area contributed by atoms with Crippen molar-refractivity contribution in [3.8, 4) is 5.69 Å². The van der Waals surface area contributed by atoms with E-state index >= 15 is 0 Å². The first-order valence-corrected chi connectivity index (χ1v) is 8.22. The zero-order valence-electron chi connectivity index (χ0n) is 15.2. The number of aromatic nitrogens is 4. The summed E-state index contributed by atoms with van der Waals surface area (Å²) < 4.78 is 3.01. The lowest BCUT2D eigenvalue weighted by Crippen LogP contribution is -2.30. The second-order valence-corrected chi connectivity index (χ2v) is 7.49. The summed E-state index contributed by atoms with van der Waals surface area (Å²) in [5.41, 5.74) is 2.83. The number of carbonyl (C=O) groups is 1. The SMILES string of the molecule is Cc1cc(C)cc(-n2ncc3c(=O)n(CC(=O)C(C)(C)C)cnc32)c1. The summed E-state index contributed by atoms with van der Waals surface area (Å²) in [6, 6.07) is 6.07. The fourth-order valence-electron chi connectivity index (χ4n) is 2.72. The lowest BCUT2D eigenvalue weighted by Gasteiger charge is -2.17. The molecule has 0 N–H and O–H groups in total. The minimum Gasteiger partial charge on any atom is -0.297 e. The van der Waals surface area contributed by atoms with Gasteiger partial charge in [0.1, 0.15) is 11.7 Å². The minimum atomic E-state index is -0.502. The quantitative estimate of drug-likeness (QED) is 0.736. The predicted octanol–water partition coefficient (Wildman–Crippen LogP) is 2.81. The first-order chi connectivity index (χ1) is 11.7. The van der Waals surface area contributed by atoms with Crippen molar-refractivity contribution in [1.29, 1.82) is 0 Å². The number of Topliss-reactive ketones (excluding diaryl/α,β-unsaturated/α-hetero) is 1. The van der Waals surface area contributed by atoms with Crippen molar-refractivity contribution in [3.05, 3.63) is 52.2 Å². The van der Waals surface area contributed by atoms with Gasteiger partial charge in [-0.05, 0) is 37.1 Å². The molecule has 0 aliphatic rings. The van der Waals surface area contributed by atoms with E-state index in [1.807, 2.05) is 46.8 Å². The molecule has 0 bridgehead atoms. The Hall–Kier alpha value is -2.76. The summed E-state index contributed by atoms with van der Waals surface area (Å²) in [6.45, 7) is 9.56. The lowest BCUT2D eigenvalue weighted by atomic mass is 9.91. The first kappa shape index (κ1) is 17.1. The molecule has 0 amide bonds. The van der Waals surface area contributed by atoms with Gasteiger partial charge in [-0.1, -0.05) is 26.8 Å². The Bertz CT molecular complexity index is 1000. The number of hydrogen-bond acceptors (Lipinski definition) is 4. The summed E-state index contributed by atoms with van der Waals surface area (Å²) >= 11 is 0. The molecule has 0 saturated heterocycles. The molecular weight excluding hydrogens is 316 g/mol. The first-order valence-electron chi connectivity index (χ1n) is 8.22. The van der Waals surface area contributed by atoms with E-state index in [0.717, 1.165) is 16.8 Å². The van der Waals surface area contributed by atoms with Crippen LogP contribution in [0.25, 0.3) is 16.7 Å². The van der Waals surface area contributed by atoms with Crippen LogP contribution in [0.1, 0.15) is 31.9 Å². The van der Waals surface area contributed by atoms with E-state index in [0.29, 0.717) is 11.0 Å². The Labute approximate surface area is 146 Å². The smallest absolute Gasteiger partial charge is 0.264 e. The van der Waals surface area contributed by atoms with E-state index in [1.54, 1.807) is 4.68 Å². The Kier molecular flexibility index (Phi) is 4.06. The van der Waals surface area contributed by atoms with Gasteiger partial charge in [-0.15, -0.1) is 0 Å². The van der Waals surface area contributed by atoms with Crippen LogP contribution in [0.3, 0.4) is 0 Å². The number of carbonyl (C=O) groups excluding carboxylic acids is 1. The highest BCUT2D eigenvalue weighted by molar-refractivity contribution is 5.84. The maximum atomic E-state index is 12.7. The van der Waals surface area contributed by atoms with Crippen LogP contribution in [0.5, 0.6) is 0 Å². The van der Waals surface area contributed by atoms with Crippen LogP contribution in [0.2, 0.25) is 0 Å². The van der Waals surface area contributed by atoms with E-state index in [-0.39, 0.29) is 17.9 Å². The number of fused-ring (bicyclic) bond motifs is 1. The van der Waals surface area contributed by atoms with Crippen LogP contribution in [0.4, 0.5) is 0 Å². The van der Waals surface area contributed by atoms with Gasteiger partial charge in [0, 0.05) is 5.41 Å². The molecule has 0 radical (unpaired) electrons. The molecule has 6 nitrogen and oxygen atoms in total. The largest absolute Gasteiger partial charge is 0.297 e. The average molecular weight is 338 g/mol. The van der Waals surface area contributed by atoms with Crippen LogP contribution < -0.4 is 5.56 Å². The highest BCUT2D eigenvalue weighted by atomic mass is 16.1. The van der Waals surface area contributed by atoms with Gasteiger partial charge >= 0.3 is 0 Å². The van der Waals surface area contributed by atoms with Crippen molar-refractivity contribution >= 4 is 16.8 Å². The normalized spacial score (nSPS) is 11.9. The molecule has 130 valence electrons. The monoisotopic (exact) mass is 338 g/mol. The zero-order valence-corrected chi connectivity index (χ0v) is 15.2. The molecule has 6 heteroatoms. The Morgan fingerprint density at radius 1 is 1.12 bits per heavy atom. The number of rotatable bonds is 3. The zero-order chi connectivity index (χ0) is 18.4. The molecule has 0 spiro atoms. The molecule has 0 unspecified atom stereocenters. The minimum absolute atomic E-state index is 0.0139. The standard InChI is InChI=1S/C19H22N4O2/c1-12-6-13(2)8-14(7-12)23-17-15(9-21-23)18(25)22(11-20-17)10-16(24)19(3,4)5/h6-9,11H,10H2,1-5H3. The van der Waals surface area contributed by atoms with Gasteiger partial charge in [-0.3, -0.25) is 14.2 Å². The van der Waals surface area contributed by atoms with Crippen molar-refractivity contribution < 1.29 is 4.79 Å². The fraction of sp³-hybridized carbons (Fsp3) is 0.368. The molecular formula is C19H22N4O2. The highest BCUT2D eigenvalue weighted by Crippen LogP contribution is 2.18. The molecule has 0 aliphatic heterocycles. The van der Waals surface area contributed by atoms with Gasteiger partial charge in [0.2, 0.25) is 0 Å². The van der Waals surface area contributed by atoms with Gasteiger partial charge in [0.15, 0.2) is 11.4 Å². The maximum absolute atomic E-state index is 12.7. The van der Waals surface area contributed by atoms with Crippen molar-refractivity contribution in [2.24, 2.45) is 5.41 Å². The molecule has 25 heavy (non-hydrogen) atoms. The van der Waals surface area contributed by atoms with Gasteiger partial charge in [-0.25, -0.2) is 9.67 Å². The molecule has 3 rings (SSSR count). The van der Waals surface area contributed by atoms with Crippen LogP contribution in [-0.2, 0) is 11.3 Å². The number of ketones is 1. The van der Waals surface area contributed by atoms with Crippen LogP contribution in [-0.4, -0.2) is 25.1 Å². The highest BCUT2D eigenvalue weighted by Gasteiger charge is 2.22. The molecule has 0 fully saturated rings. The summed E-state index contributed by atoms with van der Waals surface area (Å²) in [6.07, 6.45) is 2.94. The molecule has 2 heterocycles. The van der Waals surface area contributed by atoms with Gasteiger partial charge in [0.05, 0.1) is 18.4 Å². The number of nitrogens with zero attached hydrogens (tertiary/aromatic N) is 4. The third kappa shape index (κ3) is 3.24. The molecule has 0 aliphatic carbocycles. The number of aryl methyl sites for hydroxylation is 2. The number of benzene rings is 1. The third-order valence-corrected chi connectivity index (χ3v) is 4.16. The van der Waals surface area contributed by atoms with Gasteiger partial charge < -0.3 is 0 Å². The topological polar surface area (TPSA) is 69.8 Å². The summed E-state index contributed by atoms with van der Waals surface area (Å²) in [4.78, 5) is 29.3. The summed E-state index contributed by atoms with van der Waals surface area (Å²) in [7, 11) is 0. The molecule has 0 saturated carbocycles. The van der Waals surface area contributed by atoms with E-state index in [4.69, 9.17) is 0 Å². The Morgan fingerprint density at radius 2 is 1.76 bits per heavy atom. The predicted molar refractivity (Wildman–Crippen MR) is 97.1 cm³/mol. The Balaban J connectivity index is 2.08. The molecule has 1 aromatic carbocycles. The summed E-state index contributed by atoms with van der Waals surface area (Å²) in [5, 5.41) is 4.74. The van der Waals surface area contributed by atoms with E-state index in [1.165, 1.54) is 17.1 Å². The van der Waals surface area contributed by atoms with Crippen molar-refractivity contribution in [1.82, 2.24) is 19.3 Å². The van der Waals surface area contributed by atoms with Crippen LogP contribution in [0.15, 0.2) is 35.5 Å². The van der Waals surface area contributed by atoms with Crippen LogP contribution in [0, 0.1) is 19.3 Å². The fourth-order valence-corrected chi connectivity index (χ4v) is 2.72. The second kappa shape index (κ2) is 5.95.